The quantitative estimate of drug-likeness (QED) is 0.698. The zero-order valence-electron chi connectivity index (χ0n) is 14.7. The van der Waals surface area contributed by atoms with Crippen molar-refractivity contribution in [3.63, 3.8) is 0 Å². The molecule has 3 aromatic rings. The number of rotatable bonds is 4. The molecule has 0 atom stereocenters. The number of nitrogens with one attached hydrogen (secondary N) is 1. The van der Waals surface area contributed by atoms with Gasteiger partial charge in [-0.1, -0.05) is 22.0 Å². The Bertz CT molecular complexity index is 960. The molecule has 0 radical (unpaired) electrons. The summed E-state index contributed by atoms with van der Waals surface area (Å²) in [4.78, 5) is 19.7. The lowest BCUT2D eigenvalue weighted by molar-refractivity contribution is 0.102. The largest absolute Gasteiger partial charge is 0.330 e. The van der Waals surface area contributed by atoms with Crippen LogP contribution in [0.25, 0.3) is 11.0 Å². The number of benzene rings is 2. The second-order valence-corrected chi connectivity index (χ2v) is 7.65. The van der Waals surface area contributed by atoms with Crippen molar-refractivity contribution in [2.45, 2.75) is 19.4 Å². The minimum absolute atomic E-state index is 0.126. The molecule has 1 amide bonds. The van der Waals surface area contributed by atoms with Crippen LogP contribution in [0.1, 0.15) is 29.0 Å². The number of nitrogens with zero attached hydrogens (tertiary/aromatic N) is 3. The molecule has 6 heteroatoms. The average molecular weight is 413 g/mol. The normalized spacial score (nSPS) is 14.8. The molecular weight excluding hydrogens is 392 g/mol. The zero-order chi connectivity index (χ0) is 18.1. The van der Waals surface area contributed by atoms with Crippen molar-refractivity contribution in [1.29, 1.82) is 0 Å². The van der Waals surface area contributed by atoms with Crippen molar-refractivity contribution >= 4 is 38.6 Å². The average Bonchev–Trinajstić information content (AvgIpc) is 3.24. The molecule has 0 spiro atoms. The maximum atomic E-state index is 12.4. The van der Waals surface area contributed by atoms with E-state index in [9.17, 15) is 4.79 Å². The Kier molecular flexibility index (Phi) is 4.78. The molecule has 1 aromatic heterocycles. The van der Waals surface area contributed by atoms with Gasteiger partial charge in [0, 0.05) is 22.8 Å². The highest BCUT2D eigenvalue weighted by Crippen LogP contribution is 2.22. The van der Waals surface area contributed by atoms with Crippen LogP contribution < -0.4 is 5.32 Å². The van der Waals surface area contributed by atoms with Gasteiger partial charge in [-0.3, -0.25) is 9.69 Å². The van der Waals surface area contributed by atoms with Gasteiger partial charge in [-0.15, -0.1) is 0 Å². The lowest BCUT2D eigenvalue weighted by Gasteiger charge is -2.13. The second kappa shape index (κ2) is 7.21. The first-order valence-electron chi connectivity index (χ1n) is 8.85. The predicted octanol–water partition coefficient (Wildman–Crippen LogP) is 4.18. The van der Waals surface area contributed by atoms with E-state index in [0.717, 1.165) is 46.7 Å². The minimum atomic E-state index is -0.126. The molecule has 134 valence electrons. The molecule has 0 bridgehead atoms. The number of carbonyl (C=O) groups is 1. The first-order valence-corrected chi connectivity index (χ1v) is 9.64. The SMILES string of the molecule is Cn1c(CN2CCCC2)nc2cc(NC(=O)c3cccc(Br)c3)ccc21. The molecular formula is C20H21BrN4O. The first kappa shape index (κ1) is 17.2. The predicted molar refractivity (Wildman–Crippen MR) is 107 cm³/mol. The van der Waals surface area contributed by atoms with E-state index in [1.807, 2.05) is 36.4 Å². The number of hydrogen-bond donors (Lipinski definition) is 1. The number of aryl methyl sites for hydroxylation is 1. The fraction of sp³-hybridized carbons (Fsp3) is 0.300. The van der Waals surface area contributed by atoms with E-state index in [1.165, 1.54) is 12.8 Å². The Hall–Kier alpha value is -2.18. The number of carbonyl (C=O) groups excluding carboxylic acids is 1. The van der Waals surface area contributed by atoms with Gasteiger partial charge in [-0.05, 0) is 62.3 Å². The Labute approximate surface area is 161 Å². The van der Waals surface area contributed by atoms with Crippen LogP contribution in [0.15, 0.2) is 46.9 Å². The molecule has 26 heavy (non-hydrogen) atoms. The summed E-state index contributed by atoms with van der Waals surface area (Å²) in [7, 11) is 2.06. The first-order chi connectivity index (χ1) is 12.6. The lowest BCUT2D eigenvalue weighted by Crippen LogP contribution is -2.20. The molecule has 5 nitrogen and oxygen atoms in total. The van der Waals surface area contributed by atoms with E-state index in [-0.39, 0.29) is 5.91 Å². The number of likely N-dealkylation sites (tertiary alicyclic amines) is 1. The van der Waals surface area contributed by atoms with E-state index < -0.39 is 0 Å². The molecule has 0 aliphatic carbocycles. The van der Waals surface area contributed by atoms with Crippen LogP contribution in [0, 0.1) is 0 Å². The summed E-state index contributed by atoms with van der Waals surface area (Å²) in [6.45, 7) is 3.18. The lowest BCUT2D eigenvalue weighted by atomic mass is 10.2. The van der Waals surface area contributed by atoms with E-state index in [0.29, 0.717) is 5.56 Å². The van der Waals surface area contributed by atoms with E-state index in [4.69, 9.17) is 4.98 Å². The Balaban J connectivity index is 1.56. The van der Waals surface area contributed by atoms with Gasteiger partial charge in [0.1, 0.15) is 5.82 Å². The van der Waals surface area contributed by atoms with E-state index in [1.54, 1.807) is 6.07 Å². The summed E-state index contributed by atoms with van der Waals surface area (Å²) < 4.78 is 3.03. The van der Waals surface area contributed by atoms with Gasteiger partial charge in [0.05, 0.1) is 17.6 Å². The van der Waals surface area contributed by atoms with Crippen LogP contribution in [0.2, 0.25) is 0 Å². The summed E-state index contributed by atoms with van der Waals surface area (Å²) in [5.41, 5.74) is 3.37. The standard InChI is InChI=1S/C20H21BrN4O/c1-24-18-8-7-16(22-20(26)14-5-4-6-15(21)11-14)12-17(18)23-19(24)13-25-9-2-3-10-25/h4-8,11-12H,2-3,9-10,13H2,1H3,(H,22,26). The summed E-state index contributed by atoms with van der Waals surface area (Å²) in [6, 6.07) is 13.3. The van der Waals surface area contributed by atoms with Crippen molar-refractivity contribution in [1.82, 2.24) is 14.5 Å². The van der Waals surface area contributed by atoms with Gasteiger partial charge in [-0.25, -0.2) is 4.98 Å². The maximum Gasteiger partial charge on any atom is 0.255 e. The van der Waals surface area contributed by atoms with Crippen LogP contribution in [0.3, 0.4) is 0 Å². The number of anilines is 1. The summed E-state index contributed by atoms with van der Waals surface area (Å²) >= 11 is 3.40. The Morgan fingerprint density at radius 2 is 2.00 bits per heavy atom. The summed E-state index contributed by atoms with van der Waals surface area (Å²) in [5, 5.41) is 2.96. The highest BCUT2D eigenvalue weighted by molar-refractivity contribution is 9.10. The molecule has 0 unspecified atom stereocenters. The van der Waals surface area contributed by atoms with Gasteiger partial charge in [0.25, 0.3) is 5.91 Å². The van der Waals surface area contributed by atoms with E-state index in [2.05, 4.69) is 37.8 Å². The number of aromatic nitrogens is 2. The topological polar surface area (TPSA) is 50.2 Å². The fourth-order valence-electron chi connectivity index (χ4n) is 3.44. The second-order valence-electron chi connectivity index (χ2n) is 6.74. The molecule has 1 N–H and O–H groups in total. The molecule has 0 saturated carbocycles. The number of halogens is 1. The van der Waals surface area contributed by atoms with Gasteiger partial charge in [0.2, 0.25) is 0 Å². The minimum Gasteiger partial charge on any atom is -0.330 e. The Morgan fingerprint density at radius 1 is 1.19 bits per heavy atom. The van der Waals surface area contributed by atoms with Crippen molar-refractivity contribution in [2.24, 2.45) is 7.05 Å². The van der Waals surface area contributed by atoms with Gasteiger partial charge >= 0.3 is 0 Å². The third-order valence-electron chi connectivity index (χ3n) is 4.88. The smallest absolute Gasteiger partial charge is 0.255 e. The monoisotopic (exact) mass is 412 g/mol. The van der Waals surface area contributed by atoms with Crippen LogP contribution in [0.4, 0.5) is 5.69 Å². The zero-order valence-corrected chi connectivity index (χ0v) is 16.3. The molecule has 2 aromatic carbocycles. The van der Waals surface area contributed by atoms with Crippen LogP contribution >= 0.6 is 15.9 Å². The fourth-order valence-corrected chi connectivity index (χ4v) is 3.84. The Morgan fingerprint density at radius 3 is 2.77 bits per heavy atom. The molecule has 1 saturated heterocycles. The van der Waals surface area contributed by atoms with Gasteiger partial charge in [0.15, 0.2) is 0 Å². The van der Waals surface area contributed by atoms with Gasteiger partial charge in [-0.2, -0.15) is 0 Å². The third kappa shape index (κ3) is 3.52. The van der Waals surface area contributed by atoms with Crippen molar-refractivity contribution in [3.8, 4) is 0 Å². The van der Waals surface area contributed by atoms with Crippen molar-refractivity contribution in [2.75, 3.05) is 18.4 Å². The van der Waals surface area contributed by atoms with Gasteiger partial charge < -0.3 is 9.88 Å². The number of imidazole rings is 1. The van der Waals surface area contributed by atoms with Crippen LogP contribution in [-0.2, 0) is 13.6 Å². The summed E-state index contributed by atoms with van der Waals surface area (Å²) in [5.74, 6) is 0.941. The van der Waals surface area contributed by atoms with Crippen LogP contribution in [-0.4, -0.2) is 33.4 Å². The molecule has 1 aliphatic rings. The molecule has 1 fully saturated rings. The highest BCUT2D eigenvalue weighted by atomic mass is 79.9. The number of amides is 1. The van der Waals surface area contributed by atoms with Crippen LogP contribution in [0.5, 0.6) is 0 Å². The molecule has 1 aliphatic heterocycles. The van der Waals surface area contributed by atoms with Crippen molar-refractivity contribution in [3.05, 3.63) is 58.3 Å². The maximum absolute atomic E-state index is 12.4. The molecule has 2 heterocycles. The van der Waals surface area contributed by atoms with Crippen molar-refractivity contribution < 1.29 is 4.79 Å². The highest BCUT2D eigenvalue weighted by Gasteiger charge is 2.16. The number of fused-ring (bicyclic) bond motifs is 1. The number of hydrogen-bond acceptors (Lipinski definition) is 3. The third-order valence-corrected chi connectivity index (χ3v) is 5.38. The molecule has 4 rings (SSSR count). The van der Waals surface area contributed by atoms with E-state index >= 15 is 0 Å². The summed E-state index contributed by atoms with van der Waals surface area (Å²) in [6.07, 6.45) is 2.55.